The summed E-state index contributed by atoms with van der Waals surface area (Å²) in [6, 6.07) is 14.1. The highest BCUT2D eigenvalue weighted by atomic mass is 35.5. The molecule has 0 aliphatic rings. The summed E-state index contributed by atoms with van der Waals surface area (Å²) in [7, 11) is 0. The summed E-state index contributed by atoms with van der Waals surface area (Å²) in [6.45, 7) is 3.03. The summed E-state index contributed by atoms with van der Waals surface area (Å²) in [5.41, 5.74) is 1.01. The molecule has 0 aromatic heterocycles. The van der Waals surface area contributed by atoms with E-state index in [9.17, 15) is 14.4 Å². The number of hydrogen-bond acceptors (Lipinski definition) is 4. The number of esters is 1. The molecule has 3 amide bonds. The first kappa shape index (κ1) is 21.2. The minimum absolute atomic E-state index is 0.236. The van der Waals surface area contributed by atoms with Crippen molar-refractivity contribution in [1.29, 1.82) is 0 Å². The minimum Gasteiger partial charge on any atom is -0.454 e. The van der Waals surface area contributed by atoms with E-state index >= 15 is 0 Å². The van der Waals surface area contributed by atoms with Crippen molar-refractivity contribution in [3.8, 4) is 0 Å². The molecule has 7 nitrogen and oxygen atoms in total. The Morgan fingerprint density at radius 1 is 0.964 bits per heavy atom. The van der Waals surface area contributed by atoms with Gasteiger partial charge < -0.3 is 20.7 Å². The summed E-state index contributed by atoms with van der Waals surface area (Å²) < 4.78 is 5.05. The van der Waals surface area contributed by atoms with Crippen LogP contribution in [0, 0.1) is 5.92 Å². The van der Waals surface area contributed by atoms with E-state index in [4.69, 9.17) is 16.3 Å². The van der Waals surface area contributed by atoms with Crippen molar-refractivity contribution < 1.29 is 19.1 Å². The molecular formula is C20H22ClN3O4. The number of anilines is 2. The number of rotatable bonds is 7. The van der Waals surface area contributed by atoms with Crippen molar-refractivity contribution in [2.24, 2.45) is 5.92 Å². The SMILES string of the molecule is CC(C)[C@H](NC(=O)Nc1ccccc1)C(=O)OCC(=O)Nc1ccccc1Cl. The zero-order chi connectivity index (χ0) is 20.5. The van der Waals surface area contributed by atoms with Crippen LogP contribution in [0.15, 0.2) is 54.6 Å². The van der Waals surface area contributed by atoms with Crippen LogP contribution in [0.1, 0.15) is 13.8 Å². The number of halogens is 1. The second-order valence-electron chi connectivity index (χ2n) is 6.32. The fraction of sp³-hybridized carbons (Fsp3) is 0.250. The predicted molar refractivity (Wildman–Crippen MR) is 108 cm³/mol. The average Bonchev–Trinajstić information content (AvgIpc) is 2.66. The summed E-state index contributed by atoms with van der Waals surface area (Å²) in [5, 5.41) is 8.14. The fourth-order valence-corrected chi connectivity index (χ4v) is 2.49. The molecule has 0 fully saturated rings. The summed E-state index contributed by atoms with van der Waals surface area (Å²) in [5.74, 6) is -1.47. The third-order valence-electron chi connectivity index (χ3n) is 3.73. The molecule has 0 aliphatic heterocycles. The smallest absolute Gasteiger partial charge is 0.329 e. The van der Waals surface area contributed by atoms with Gasteiger partial charge in [-0.15, -0.1) is 0 Å². The molecule has 0 saturated heterocycles. The van der Waals surface area contributed by atoms with Crippen LogP contribution < -0.4 is 16.0 Å². The maximum Gasteiger partial charge on any atom is 0.329 e. The monoisotopic (exact) mass is 403 g/mol. The topological polar surface area (TPSA) is 96.5 Å². The Kier molecular flexibility index (Phi) is 7.83. The number of amides is 3. The van der Waals surface area contributed by atoms with Crippen molar-refractivity contribution in [2.75, 3.05) is 17.2 Å². The fourth-order valence-electron chi connectivity index (χ4n) is 2.30. The highest BCUT2D eigenvalue weighted by molar-refractivity contribution is 6.33. The molecule has 8 heteroatoms. The molecule has 0 bridgehead atoms. The van der Waals surface area contributed by atoms with Gasteiger partial charge in [-0.3, -0.25) is 4.79 Å². The molecular weight excluding hydrogens is 382 g/mol. The first-order valence-electron chi connectivity index (χ1n) is 8.70. The molecule has 0 saturated carbocycles. The van der Waals surface area contributed by atoms with E-state index in [1.54, 1.807) is 62.4 Å². The molecule has 0 aliphatic carbocycles. The zero-order valence-corrected chi connectivity index (χ0v) is 16.3. The van der Waals surface area contributed by atoms with Gasteiger partial charge in [0.25, 0.3) is 5.91 Å². The van der Waals surface area contributed by atoms with E-state index in [-0.39, 0.29) is 5.92 Å². The van der Waals surface area contributed by atoms with Crippen LogP contribution in [-0.4, -0.2) is 30.6 Å². The molecule has 0 unspecified atom stereocenters. The van der Waals surface area contributed by atoms with Gasteiger partial charge in [-0.05, 0) is 30.2 Å². The lowest BCUT2D eigenvalue weighted by atomic mass is 10.1. The second-order valence-corrected chi connectivity index (χ2v) is 6.73. The summed E-state index contributed by atoms with van der Waals surface area (Å²) in [6.07, 6.45) is 0. The lowest BCUT2D eigenvalue weighted by Gasteiger charge is -2.21. The molecule has 148 valence electrons. The molecule has 0 heterocycles. The largest absolute Gasteiger partial charge is 0.454 e. The third kappa shape index (κ3) is 6.59. The van der Waals surface area contributed by atoms with Crippen LogP contribution in [0.5, 0.6) is 0 Å². The Balaban J connectivity index is 1.87. The van der Waals surface area contributed by atoms with Crippen LogP contribution in [0.2, 0.25) is 5.02 Å². The number of ether oxygens (including phenoxy) is 1. The third-order valence-corrected chi connectivity index (χ3v) is 4.06. The molecule has 0 spiro atoms. The Hall–Kier alpha value is -3.06. The lowest BCUT2D eigenvalue weighted by Crippen LogP contribution is -2.47. The predicted octanol–water partition coefficient (Wildman–Crippen LogP) is 3.67. The van der Waals surface area contributed by atoms with Crippen LogP contribution in [0.25, 0.3) is 0 Å². The number of urea groups is 1. The minimum atomic E-state index is -0.906. The van der Waals surface area contributed by atoms with Gasteiger partial charge in [0.2, 0.25) is 0 Å². The number of carbonyl (C=O) groups is 3. The van der Waals surface area contributed by atoms with E-state index in [1.165, 1.54) is 0 Å². The highest BCUT2D eigenvalue weighted by Crippen LogP contribution is 2.20. The normalized spacial score (nSPS) is 11.4. The van der Waals surface area contributed by atoms with E-state index in [2.05, 4.69) is 16.0 Å². The molecule has 2 aromatic rings. The van der Waals surface area contributed by atoms with Gasteiger partial charge in [-0.2, -0.15) is 0 Å². The van der Waals surface area contributed by atoms with E-state index < -0.39 is 30.6 Å². The van der Waals surface area contributed by atoms with Crippen molar-refractivity contribution in [2.45, 2.75) is 19.9 Å². The lowest BCUT2D eigenvalue weighted by molar-refractivity contribution is -0.150. The van der Waals surface area contributed by atoms with Crippen LogP contribution >= 0.6 is 11.6 Å². The molecule has 1 atom stereocenters. The standard InChI is InChI=1S/C20H22ClN3O4/c1-13(2)18(24-20(27)22-14-8-4-3-5-9-14)19(26)28-12-17(25)23-16-11-7-6-10-15(16)21/h3-11,13,18H,12H2,1-2H3,(H,23,25)(H2,22,24,27)/t18-/m0/s1. The van der Waals surface area contributed by atoms with Gasteiger partial charge in [-0.25, -0.2) is 9.59 Å². The number of nitrogens with one attached hydrogen (secondary N) is 3. The number of para-hydroxylation sites is 2. The maximum absolute atomic E-state index is 12.3. The molecule has 28 heavy (non-hydrogen) atoms. The second kappa shape index (κ2) is 10.3. The van der Waals surface area contributed by atoms with E-state index in [0.717, 1.165) is 0 Å². The van der Waals surface area contributed by atoms with Gasteiger partial charge in [-0.1, -0.05) is 55.8 Å². The molecule has 2 aromatic carbocycles. The van der Waals surface area contributed by atoms with Crippen molar-refractivity contribution in [3.05, 3.63) is 59.6 Å². The molecule has 2 rings (SSSR count). The number of carbonyl (C=O) groups excluding carboxylic acids is 3. The van der Waals surface area contributed by atoms with E-state index in [1.807, 2.05) is 6.07 Å². The highest BCUT2D eigenvalue weighted by Gasteiger charge is 2.26. The van der Waals surface area contributed by atoms with Gasteiger partial charge in [0, 0.05) is 5.69 Å². The quantitative estimate of drug-likeness (QED) is 0.614. The van der Waals surface area contributed by atoms with Crippen molar-refractivity contribution in [1.82, 2.24) is 5.32 Å². The van der Waals surface area contributed by atoms with Gasteiger partial charge in [0.05, 0.1) is 10.7 Å². The number of benzene rings is 2. The first-order chi connectivity index (χ1) is 13.4. The Morgan fingerprint density at radius 2 is 1.61 bits per heavy atom. The Morgan fingerprint density at radius 3 is 2.25 bits per heavy atom. The number of hydrogen-bond donors (Lipinski definition) is 3. The van der Waals surface area contributed by atoms with Crippen LogP contribution in [-0.2, 0) is 14.3 Å². The molecule has 3 N–H and O–H groups in total. The van der Waals surface area contributed by atoms with Crippen LogP contribution in [0.4, 0.5) is 16.2 Å². The first-order valence-corrected chi connectivity index (χ1v) is 9.08. The maximum atomic E-state index is 12.3. The Bertz CT molecular complexity index is 827. The molecule has 0 radical (unpaired) electrons. The van der Waals surface area contributed by atoms with Gasteiger partial charge in [0.1, 0.15) is 6.04 Å². The van der Waals surface area contributed by atoms with Gasteiger partial charge >= 0.3 is 12.0 Å². The summed E-state index contributed by atoms with van der Waals surface area (Å²) >= 11 is 5.97. The Labute approximate surface area is 168 Å². The van der Waals surface area contributed by atoms with Crippen molar-refractivity contribution >= 4 is 40.9 Å². The van der Waals surface area contributed by atoms with Crippen LogP contribution in [0.3, 0.4) is 0 Å². The van der Waals surface area contributed by atoms with Crippen molar-refractivity contribution in [3.63, 3.8) is 0 Å². The van der Waals surface area contributed by atoms with E-state index in [0.29, 0.717) is 16.4 Å². The summed E-state index contributed by atoms with van der Waals surface area (Å²) in [4.78, 5) is 36.4. The average molecular weight is 404 g/mol. The zero-order valence-electron chi connectivity index (χ0n) is 15.6. The van der Waals surface area contributed by atoms with Gasteiger partial charge in [0.15, 0.2) is 6.61 Å².